The van der Waals surface area contributed by atoms with E-state index in [-0.39, 0.29) is 0 Å². The summed E-state index contributed by atoms with van der Waals surface area (Å²) >= 11 is 0. The predicted molar refractivity (Wildman–Crippen MR) is 62.1 cm³/mol. The van der Waals surface area contributed by atoms with Crippen LogP contribution in [-0.4, -0.2) is 30.0 Å². The Morgan fingerprint density at radius 1 is 1.47 bits per heavy atom. The van der Waals surface area contributed by atoms with E-state index in [1.165, 1.54) is 0 Å². The average molecular weight is 211 g/mol. The third kappa shape index (κ3) is 3.91. The van der Waals surface area contributed by atoms with Gasteiger partial charge in [-0.1, -0.05) is 6.92 Å². The molecule has 4 heteroatoms. The molecule has 1 heterocycles. The van der Waals surface area contributed by atoms with Gasteiger partial charge in [0.1, 0.15) is 0 Å². The molecular formula is C11H21N3O. The number of rotatable bonds is 6. The van der Waals surface area contributed by atoms with Crippen LogP contribution in [0.3, 0.4) is 0 Å². The predicted octanol–water partition coefficient (Wildman–Crippen LogP) is 2.16. The molecule has 0 bridgehead atoms. The molecule has 0 saturated carbocycles. The first-order valence-electron chi connectivity index (χ1n) is 5.40. The molecule has 0 saturated heterocycles. The molecule has 1 aromatic heterocycles. The van der Waals surface area contributed by atoms with Gasteiger partial charge in [-0.3, -0.25) is 4.68 Å². The number of methoxy groups -OCH3 is 1. The first kappa shape index (κ1) is 12.0. The van der Waals surface area contributed by atoms with Crippen molar-refractivity contribution >= 4 is 5.69 Å². The quantitative estimate of drug-likeness (QED) is 0.783. The Bertz CT molecular complexity index is 283. The summed E-state index contributed by atoms with van der Waals surface area (Å²) in [6.45, 7) is 8.08. The van der Waals surface area contributed by atoms with Crippen molar-refractivity contribution in [1.82, 2.24) is 9.78 Å². The molecule has 1 unspecified atom stereocenters. The minimum Gasteiger partial charge on any atom is -0.384 e. The van der Waals surface area contributed by atoms with Gasteiger partial charge in [-0.05, 0) is 19.8 Å². The van der Waals surface area contributed by atoms with Gasteiger partial charge in [-0.2, -0.15) is 5.10 Å². The van der Waals surface area contributed by atoms with Crippen molar-refractivity contribution in [3.05, 3.63) is 12.4 Å². The van der Waals surface area contributed by atoms with Gasteiger partial charge in [0, 0.05) is 25.9 Å². The molecule has 86 valence electrons. The second-order valence-corrected chi connectivity index (χ2v) is 4.24. The molecule has 1 rings (SSSR count). The van der Waals surface area contributed by atoms with Gasteiger partial charge in [0.2, 0.25) is 0 Å². The Labute approximate surface area is 91.6 Å². The second kappa shape index (κ2) is 5.75. The second-order valence-electron chi connectivity index (χ2n) is 4.24. The van der Waals surface area contributed by atoms with Gasteiger partial charge in [0.15, 0.2) is 0 Å². The molecular weight excluding hydrogens is 190 g/mol. The number of hydrogen-bond acceptors (Lipinski definition) is 3. The maximum Gasteiger partial charge on any atom is 0.0726 e. The number of nitrogens with one attached hydrogen (secondary N) is 1. The lowest BCUT2D eigenvalue weighted by atomic mass is 10.2. The molecule has 1 aromatic rings. The summed E-state index contributed by atoms with van der Waals surface area (Å²) < 4.78 is 7.02. The Balaban J connectivity index is 2.37. The first-order valence-corrected chi connectivity index (χ1v) is 5.40. The van der Waals surface area contributed by atoms with E-state index in [1.807, 2.05) is 17.1 Å². The number of ether oxygens (including phenoxy) is 1. The molecule has 0 radical (unpaired) electrons. The number of aromatic nitrogens is 2. The van der Waals surface area contributed by atoms with E-state index in [2.05, 4.69) is 31.2 Å². The van der Waals surface area contributed by atoms with E-state index in [0.717, 1.165) is 18.8 Å². The van der Waals surface area contributed by atoms with Crippen molar-refractivity contribution in [1.29, 1.82) is 0 Å². The van der Waals surface area contributed by atoms with E-state index in [0.29, 0.717) is 12.0 Å². The van der Waals surface area contributed by atoms with Crippen LogP contribution in [0.25, 0.3) is 0 Å². The molecule has 4 nitrogen and oxygen atoms in total. The van der Waals surface area contributed by atoms with Crippen molar-refractivity contribution in [3.8, 4) is 0 Å². The highest BCUT2D eigenvalue weighted by Gasteiger charge is 2.03. The van der Waals surface area contributed by atoms with Crippen LogP contribution in [0.2, 0.25) is 0 Å². The lowest BCUT2D eigenvalue weighted by Crippen LogP contribution is -2.15. The molecule has 0 aromatic carbocycles. The SMILES string of the molecule is COCC(C)CNc1cnn(C(C)C)c1. The fraction of sp³-hybridized carbons (Fsp3) is 0.727. The lowest BCUT2D eigenvalue weighted by molar-refractivity contribution is 0.164. The molecule has 0 fully saturated rings. The van der Waals surface area contributed by atoms with Crippen molar-refractivity contribution in [3.63, 3.8) is 0 Å². The number of hydrogen-bond donors (Lipinski definition) is 1. The maximum atomic E-state index is 5.07. The van der Waals surface area contributed by atoms with Gasteiger partial charge < -0.3 is 10.1 Å². The summed E-state index contributed by atoms with van der Waals surface area (Å²) in [5.41, 5.74) is 1.08. The minimum atomic E-state index is 0.414. The standard InChI is InChI=1S/C11H21N3O/c1-9(2)14-7-11(6-13-14)12-5-10(3)8-15-4/h6-7,9-10,12H,5,8H2,1-4H3. The Morgan fingerprint density at radius 3 is 2.73 bits per heavy atom. The van der Waals surface area contributed by atoms with Gasteiger partial charge >= 0.3 is 0 Å². The van der Waals surface area contributed by atoms with E-state index < -0.39 is 0 Å². The van der Waals surface area contributed by atoms with Crippen LogP contribution in [0.4, 0.5) is 5.69 Å². The fourth-order valence-electron chi connectivity index (χ4n) is 1.35. The van der Waals surface area contributed by atoms with Crippen molar-refractivity contribution in [2.75, 3.05) is 25.6 Å². The molecule has 0 spiro atoms. The highest BCUT2D eigenvalue weighted by Crippen LogP contribution is 2.10. The summed E-state index contributed by atoms with van der Waals surface area (Å²) in [5, 5.41) is 7.60. The molecule has 15 heavy (non-hydrogen) atoms. The van der Waals surface area contributed by atoms with Crippen LogP contribution in [0, 0.1) is 5.92 Å². The third-order valence-electron chi connectivity index (χ3n) is 2.24. The lowest BCUT2D eigenvalue weighted by Gasteiger charge is -2.10. The molecule has 0 aliphatic rings. The summed E-state index contributed by atoms with van der Waals surface area (Å²) in [7, 11) is 1.73. The first-order chi connectivity index (χ1) is 7.13. The van der Waals surface area contributed by atoms with Gasteiger partial charge in [0.05, 0.1) is 18.5 Å². The topological polar surface area (TPSA) is 39.1 Å². The van der Waals surface area contributed by atoms with E-state index in [1.54, 1.807) is 7.11 Å². The van der Waals surface area contributed by atoms with Crippen LogP contribution in [0.1, 0.15) is 26.8 Å². The number of nitrogens with zero attached hydrogens (tertiary/aromatic N) is 2. The fourth-order valence-corrected chi connectivity index (χ4v) is 1.35. The molecule has 1 N–H and O–H groups in total. The monoisotopic (exact) mass is 211 g/mol. The van der Waals surface area contributed by atoms with Crippen molar-refractivity contribution in [2.24, 2.45) is 5.92 Å². The zero-order chi connectivity index (χ0) is 11.3. The van der Waals surface area contributed by atoms with E-state index in [4.69, 9.17) is 4.74 Å². The zero-order valence-electron chi connectivity index (χ0n) is 10.0. The Kier molecular flexibility index (Phi) is 4.62. The normalized spacial score (nSPS) is 13.1. The van der Waals surface area contributed by atoms with Crippen molar-refractivity contribution < 1.29 is 4.74 Å². The largest absolute Gasteiger partial charge is 0.384 e. The van der Waals surface area contributed by atoms with Crippen LogP contribution in [0.15, 0.2) is 12.4 Å². The summed E-state index contributed by atoms with van der Waals surface area (Å²) in [5.74, 6) is 0.511. The number of anilines is 1. The molecule has 0 aliphatic carbocycles. The highest BCUT2D eigenvalue weighted by molar-refractivity contribution is 5.38. The Hall–Kier alpha value is -1.03. The highest BCUT2D eigenvalue weighted by atomic mass is 16.5. The summed E-state index contributed by atoms with van der Waals surface area (Å²) in [6, 6.07) is 0.414. The van der Waals surface area contributed by atoms with Crippen LogP contribution >= 0.6 is 0 Å². The molecule has 0 aliphatic heterocycles. The van der Waals surface area contributed by atoms with Crippen LogP contribution in [0.5, 0.6) is 0 Å². The average Bonchev–Trinajstić information content (AvgIpc) is 2.63. The van der Waals surface area contributed by atoms with Crippen LogP contribution < -0.4 is 5.32 Å². The molecule has 0 amide bonds. The van der Waals surface area contributed by atoms with Gasteiger partial charge in [0.25, 0.3) is 0 Å². The molecule has 1 atom stereocenters. The summed E-state index contributed by atoms with van der Waals surface area (Å²) in [6.07, 6.45) is 3.89. The van der Waals surface area contributed by atoms with E-state index in [9.17, 15) is 0 Å². The van der Waals surface area contributed by atoms with E-state index >= 15 is 0 Å². The third-order valence-corrected chi connectivity index (χ3v) is 2.24. The Morgan fingerprint density at radius 2 is 2.20 bits per heavy atom. The maximum absolute atomic E-state index is 5.07. The van der Waals surface area contributed by atoms with Gasteiger partial charge in [-0.25, -0.2) is 0 Å². The van der Waals surface area contributed by atoms with Crippen molar-refractivity contribution in [2.45, 2.75) is 26.8 Å². The van der Waals surface area contributed by atoms with Gasteiger partial charge in [-0.15, -0.1) is 0 Å². The summed E-state index contributed by atoms with van der Waals surface area (Å²) in [4.78, 5) is 0. The minimum absolute atomic E-state index is 0.414. The zero-order valence-corrected chi connectivity index (χ0v) is 10.0. The smallest absolute Gasteiger partial charge is 0.0726 e. The van der Waals surface area contributed by atoms with Crippen LogP contribution in [-0.2, 0) is 4.74 Å².